The lowest BCUT2D eigenvalue weighted by Crippen LogP contribution is -2.24. The van der Waals surface area contributed by atoms with Crippen LogP contribution in [0.25, 0.3) is 0 Å². The van der Waals surface area contributed by atoms with Crippen molar-refractivity contribution in [1.82, 2.24) is 5.32 Å². The molecule has 1 fully saturated rings. The molecule has 1 atom stereocenters. The lowest BCUT2D eigenvalue weighted by molar-refractivity contribution is 0.469. The molecule has 94 valence electrons. The molecule has 0 amide bonds. The second-order valence-corrected chi connectivity index (χ2v) is 6.00. The molecule has 0 radical (unpaired) electrons. The van der Waals surface area contributed by atoms with Gasteiger partial charge in [0.25, 0.3) is 0 Å². The number of hydrogen-bond donors (Lipinski definition) is 1. The van der Waals surface area contributed by atoms with Gasteiger partial charge in [-0.1, -0.05) is 37.6 Å². The fourth-order valence-corrected chi connectivity index (χ4v) is 2.46. The van der Waals surface area contributed by atoms with E-state index >= 15 is 0 Å². The maximum atomic E-state index is 6.08. The van der Waals surface area contributed by atoms with Crippen LogP contribution < -0.4 is 5.32 Å². The van der Waals surface area contributed by atoms with Crippen molar-refractivity contribution in [3.8, 4) is 0 Å². The minimum absolute atomic E-state index is 0.592. The van der Waals surface area contributed by atoms with Crippen LogP contribution in [-0.4, -0.2) is 12.6 Å². The van der Waals surface area contributed by atoms with Gasteiger partial charge in [-0.3, -0.25) is 0 Å². The maximum Gasteiger partial charge on any atom is 0.0408 e. The summed E-state index contributed by atoms with van der Waals surface area (Å²) in [4.78, 5) is 0. The molecule has 0 spiro atoms. The van der Waals surface area contributed by atoms with E-state index in [1.807, 2.05) is 6.07 Å². The first-order chi connectivity index (χ1) is 8.15. The van der Waals surface area contributed by atoms with Crippen molar-refractivity contribution in [3.63, 3.8) is 0 Å². The van der Waals surface area contributed by atoms with Crippen LogP contribution in [0.3, 0.4) is 0 Å². The van der Waals surface area contributed by atoms with Crippen molar-refractivity contribution in [3.05, 3.63) is 34.9 Å². The van der Waals surface area contributed by atoms with Gasteiger partial charge in [-0.05, 0) is 48.8 Å². The monoisotopic (exact) mass is 251 g/mol. The van der Waals surface area contributed by atoms with Gasteiger partial charge in [0.15, 0.2) is 0 Å². The number of nitrogens with one attached hydrogen (secondary N) is 1. The van der Waals surface area contributed by atoms with Crippen molar-refractivity contribution in [2.45, 2.75) is 45.1 Å². The largest absolute Gasteiger partial charge is 0.313 e. The standard InChI is InChI=1S/C15H22ClN/c1-11(2)8-13(10-17-15-6-7-15)12-4-3-5-14(16)9-12/h3-5,9,11,13,15,17H,6-8,10H2,1-2H3. The Balaban J connectivity index is 2.01. The Hall–Kier alpha value is -0.530. The van der Waals surface area contributed by atoms with Crippen LogP contribution in [0.2, 0.25) is 5.02 Å². The highest BCUT2D eigenvalue weighted by molar-refractivity contribution is 6.30. The summed E-state index contributed by atoms with van der Waals surface area (Å²) in [6.45, 7) is 5.66. The fourth-order valence-electron chi connectivity index (χ4n) is 2.26. The summed E-state index contributed by atoms with van der Waals surface area (Å²) in [5, 5.41) is 4.49. The average Bonchev–Trinajstić information content (AvgIpc) is 3.07. The van der Waals surface area contributed by atoms with E-state index in [1.165, 1.54) is 24.8 Å². The second-order valence-electron chi connectivity index (χ2n) is 5.56. The summed E-state index contributed by atoms with van der Waals surface area (Å²) in [5.74, 6) is 1.31. The van der Waals surface area contributed by atoms with E-state index in [-0.39, 0.29) is 0 Å². The van der Waals surface area contributed by atoms with Crippen LogP contribution in [0.5, 0.6) is 0 Å². The molecule has 0 aliphatic heterocycles. The zero-order valence-electron chi connectivity index (χ0n) is 10.7. The van der Waals surface area contributed by atoms with Crippen molar-refractivity contribution in [1.29, 1.82) is 0 Å². The molecule has 1 aliphatic carbocycles. The van der Waals surface area contributed by atoms with Crippen LogP contribution in [0.4, 0.5) is 0 Å². The Morgan fingerprint density at radius 1 is 1.35 bits per heavy atom. The molecule has 1 aromatic carbocycles. The summed E-state index contributed by atoms with van der Waals surface area (Å²) in [6.07, 6.45) is 3.92. The van der Waals surface area contributed by atoms with E-state index in [0.29, 0.717) is 5.92 Å². The molecular formula is C15H22ClN. The minimum atomic E-state index is 0.592. The van der Waals surface area contributed by atoms with Gasteiger partial charge >= 0.3 is 0 Å². The zero-order valence-corrected chi connectivity index (χ0v) is 11.5. The molecule has 1 aromatic rings. The first kappa shape index (κ1) is 12.9. The van der Waals surface area contributed by atoms with Gasteiger partial charge in [0.2, 0.25) is 0 Å². The van der Waals surface area contributed by atoms with Crippen molar-refractivity contribution >= 4 is 11.6 Å². The van der Waals surface area contributed by atoms with E-state index in [9.17, 15) is 0 Å². The first-order valence-electron chi connectivity index (χ1n) is 6.64. The highest BCUT2D eigenvalue weighted by atomic mass is 35.5. The van der Waals surface area contributed by atoms with E-state index in [4.69, 9.17) is 11.6 Å². The van der Waals surface area contributed by atoms with Crippen LogP contribution in [0.1, 0.15) is 44.6 Å². The van der Waals surface area contributed by atoms with Crippen LogP contribution in [0.15, 0.2) is 24.3 Å². The molecule has 1 nitrogen and oxygen atoms in total. The molecule has 2 heteroatoms. The van der Waals surface area contributed by atoms with E-state index in [0.717, 1.165) is 23.5 Å². The van der Waals surface area contributed by atoms with Gasteiger partial charge in [-0.2, -0.15) is 0 Å². The molecule has 1 N–H and O–H groups in total. The summed E-state index contributed by atoms with van der Waals surface area (Å²) in [6, 6.07) is 9.11. The number of halogens is 1. The molecule has 1 unspecified atom stereocenters. The van der Waals surface area contributed by atoms with Crippen molar-refractivity contribution in [2.24, 2.45) is 5.92 Å². The first-order valence-corrected chi connectivity index (χ1v) is 7.02. The third-order valence-electron chi connectivity index (χ3n) is 3.31. The van der Waals surface area contributed by atoms with Crippen LogP contribution in [0, 0.1) is 5.92 Å². The zero-order chi connectivity index (χ0) is 12.3. The third-order valence-corrected chi connectivity index (χ3v) is 3.54. The molecule has 0 aromatic heterocycles. The normalized spacial score (nSPS) is 17.4. The summed E-state index contributed by atoms with van der Waals surface area (Å²) >= 11 is 6.08. The van der Waals surface area contributed by atoms with Crippen molar-refractivity contribution in [2.75, 3.05) is 6.54 Å². The Labute approximate surface area is 110 Å². The van der Waals surface area contributed by atoms with Gasteiger partial charge < -0.3 is 5.32 Å². The number of benzene rings is 1. The quantitative estimate of drug-likeness (QED) is 0.798. The Kier molecular flexibility index (Phi) is 4.47. The van der Waals surface area contributed by atoms with Crippen LogP contribution >= 0.6 is 11.6 Å². The smallest absolute Gasteiger partial charge is 0.0408 e. The molecule has 17 heavy (non-hydrogen) atoms. The molecule has 0 heterocycles. The molecule has 1 saturated carbocycles. The fraction of sp³-hybridized carbons (Fsp3) is 0.600. The summed E-state index contributed by atoms with van der Waals surface area (Å²) < 4.78 is 0. The summed E-state index contributed by atoms with van der Waals surface area (Å²) in [7, 11) is 0. The Bertz CT molecular complexity index is 358. The SMILES string of the molecule is CC(C)CC(CNC1CC1)c1cccc(Cl)c1. The third kappa shape index (κ3) is 4.33. The van der Waals surface area contributed by atoms with Gasteiger partial charge in [-0.15, -0.1) is 0 Å². The molecule has 0 bridgehead atoms. The summed E-state index contributed by atoms with van der Waals surface area (Å²) in [5.41, 5.74) is 1.37. The van der Waals surface area contributed by atoms with Crippen molar-refractivity contribution < 1.29 is 0 Å². The van der Waals surface area contributed by atoms with Gasteiger partial charge in [0.1, 0.15) is 0 Å². The average molecular weight is 252 g/mol. The highest BCUT2D eigenvalue weighted by Gasteiger charge is 2.22. The lowest BCUT2D eigenvalue weighted by atomic mass is 9.90. The minimum Gasteiger partial charge on any atom is -0.313 e. The number of hydrogen-bond acceptors (Lipinski definition) is 1. The maximum absolute atomic E-state index is 6.08. The van der Waals surface area contributed by atoms with E-state index < -0.39 is 0 Å². The molecule has 2 rings (SSSR count). The molecule has 1 aliphatic rings. The van der Waals surface area contributed by atoms with E-state index in [1.54, 1.807) is 0 Å². The Morgan fingerprint density at radius 2 is 2.12 bits per heavy atom. The van der Waals surface area contributed by atoms with Gasteiger partial charge in [-0.25, -0.2) is 0 Å². The molecule has 0 saturated heterocycles. The van der Waals surface area contributed by atoms with E-state index in [2.05, 4.69) is 37.4 Å². The predicted octanol–water partition coefficient (Wildman–Crippen LogP) is 4.22. The Morgan fingerprint density at radius 3 is 2.71 bits per heavy atom. The predicted molar refractivity (Wildman–Crippen MR) is 74.7 cm³/mol. The lowest BCUT2D eigenvalue weighted by Gasteiger charge is -2.20. The molecular weight excluding hydrogens is 230 g/mol. The van der Waals surface area contributed by atoms with Gasteiger partial charge in [0, 0.05) is 17.6 Å². The number of rotatable bonds is 6. The second kappa shape index (κ2) is 5.88. The topological polar surface area (TPSA) is 12.0 Å². The van der Waals surface area contributed by atoms with Crippen LogP contribution in [-0.2, 0) is 0 Å². The highest BCUT2D eigenvalue weighted by Crippen LogP contribution is 2.27. The van der Waals surface area contributed by atoms with Gasteiger partial charge in [0.05, 0.1) is 0 Å².